The molecular weight excluding hydrogens is 448 g/mol. The van der Waals surface area contributed by atoms with Crippen molar-refractivity contribution in [2.45, 2.75) is 76.1 Å². The van der Waals surface area contributed by atoms with Gasteiger partial charge in [-0.1, -0.05) is 49.4 Å². The van der Waals surface area contributed by atoms with E-state index in [1.54, 1.807) is 20.8 Å². The van der Waals surface area contributed by atoms with Crippen molar-refractivity contribution < 1.29 is 23.9 Å². The Hall–Kier alpha value is -2.00. The third-order valence-electron chi connectivity index (χ3n) is 4.94. The largest absolute Gasteiger partial charge is 0.455 e. The quantitative estimate of drug-likeness (QED) is 0.356. The van der Waals surface area contributed by atoms with Crippen LogP contribution in [0.5, 0.6) is 0 Å². The summed E-state index contributed by atoms with van der Waals surface area (Å²) in [4.78, 5) is 52.7. The van der Waals surface area contributed by atoms with Gasteiger partial charge < -0.3 is 10.1 Å². The van der Waals surface area contributed by atoms with Gasteiger partial charge in [0.1, 0.15) is 22.7 Å². The highest BCUT2D eigenvalue weighted by molar-refractivity contribution is 8.14. The second-order valence-corrected chi connectivity index (χ2v) is 11.8. The van der Waals surface area contributed by atoms with Crippen molar-refractivity contribution in [3.8, 4) is 0 Å². The van der Waals surface area contributed by atoms with E-state index >= 15 is 0 Å². The Labute approximate surface area is 197 Å². The monoisotopic (exact) mass is 478 g/mol. The molecule has 2 aliphatic heterocycles. The molecule has 7 nitrogen and oxygen atoms in total. The van der Waals surface area contributed by atoms with Gasteiger partial charge in [-0.3, -0.25) is 19.3 Å². The van der Waals surface area contributed by atoms with E-state index in [-0.39, 0.29) is 39.7 Å². The molecule has 0 spiro atoms. The van der Waals surface area contributed by atoms with Gasteiger partial charge in [0, 0.05) is 23.0 Å². The van der Waals surface area contributed by atoms with Gasteiger partial charge in [-0.25, -0.2) is 4.79 Å². The van der Waals surface area contributed by atoms with Crippen LogP contribution < -0.4 is 5.32 Å². The Morgan fingerprint density at radius 3 is 2.59 bits per heavy atom. The van der Waals surface area contributed by atoms with Gasteiger partial charge in [0.05, 0.1) is 0 Å². The highest BCUT2D eigenvalue weighted by Crippen LogP contribution is 2.42. The highest BCUT2D eigenvalue weighted by atomic mass is 32.2. The van der Waals surface area contributed by atoms with Gasteiger partial charge >= 0.3 is 5.97 Å². The lowest BCUT2D eigenvalue weighted by Crippen LogP contribution is -2.70. The Kier molecular flexibility index (Phi) is 7.60. The van der Waals surface area contributed by atoms with E-state index in [0.717, 1.165) is 30.2 Å². The highest BCUT2D eigenvalue weighted by Gasteiger charge is 2.55. The minimum atomic E-state index is -0.771. The molecule has 9 heteroatoms. The Morgan fingerprint density at radius 2 is 2.00 bits per heavy atom. The maximum atomic E-state index is 13.0. The van der Waals surface area contributed by atoms with E-state index in [1.165, 1.54) is 16.7 Å². The van der Waals surface area contributed by atoms with Crippen molar-refractivity contribution in [3.05, 3.63) is 35.1 Å². The van der Waals surface area contributed by atoms with Crippen molar-refractivity contribution in [2.75, 3.05) is 5.75 Å². The second kappa shape index (κ2) is 9.87. The zero-order valence-electron chi connectivity index (χ0n) is 19.1. The van der Waals surface area contributed by atoms with Crippen molar-refractivity contribution in [3.63, 3.8) is 0 Å². The molecule has 2 amide bonds. The van der Waals surface area contributed by atoms with Crippen molar-refractivity contribution >= 4 is 46.4 Å². The molecule has 0 aromatic heterocycles. The fraction of sp³-hybridized carbons (Fsp3) is 0.565. The van der Waals surface area contributed by atoms with Gasteiger partial charge in [-0.2, -0.15) is 0 Å². The van der Waals surface area contributed by atoms with Gasteiger partial charge in [-0.05, 0) is 33.6 Å². The first-order valence-corrected chi connectivity index (χ1v) is 12.6. The third kappa shape index (κ3) is 5.67. The molecular formula is C23H30N2O5S2. The summed E-state index contributed by atoms with van der Waals surface area (Å²) in [6, 6.07) is -0.723. The number of β-lactam (4-membered cyclic amide) rings is 1. The van der Waals surface area contributed by atoms with Gasteiger partial charge in [0.2, 0.25) is 11.0 Å². The average molecular weight is 479 g/mol. The predicted molar refractivity (Wildman–Crippen MR) is 127 cm³/mol. The Morgan fingerprint density at radius 1 is 1.28 bits per heavy atom. The van der Waals surface area contributed by atoms with E-state index < -0.39 is 28.9 Å². The number of amides is 2. The smallest absolute Gasteiger partial charge is 0.356 e. The number of ether oxygens (including phenoxy) is 1. The average Bonchev–Trinajstić information content (AvgIpc) is 2.69. The molecule has 1 fully saturated rings. The van der Waals surface area contributed by atoms with Crippen LogP contribution in [0.15, 0.2) is 35.1 Å². The van der Waals surface area contributed by atoms with Crippen molar-refractivity contribution in [2.24, 2.45) is 0 Å². The van der Waals surface area contributed by atoms with Crippen LogP contribution in [-0.4, -0.2) is 55.8 Å². The summed E-state index contributed by atoms with van der Waals surface area (Å²) in [6.45, 7) is 9.00. The van der Waals surface area contributed by atoms with Crippen LogP contribution in [0.25, 0.3) is 0 Å². The standard InChI is InChI=1S/C23H30N2O5S2/c1-13(2)32-22(29)15-12-31-20-17(24-16(26)11-14-9-7-6-8-10-14)19(27)25(20)18(15)21(28)30-23(3,4)5/h6-7,10,13,17,20H,8-9,11-12H2,1-5H3,(H,24,26)/t17?,20-/m1/s1. The molecule has 3 aliphatic rings. The number of allylic oxidation sites excluding steroid dienone is 3. The third-order valence-corrected chi connectivity index (χ3v) is 7.15. The molecule has 2 atom stereocenters. The number of carbonyl (C=O) groups excluding carboxylic acids is 4. The van der Waals surface area contributed by atoms with Crippen molar-refractivity contribution in [1.29, 1.82) is 0 Å². The van der Waals surface area contributed by atoms with Crippen LogP contribution in [0, 0.1) is 0 Å². The fourth-order valence-electron chi connectivity index (χ4n) is 3.60. The number of thioether (sulfide) groups is 2. The van der Waals surface area contributed by atoms with E-state index in [9.17, 15) is 19.2 Å². The summed E-state index contributed by atoms with van der Waals surface area (Å²) < 4.78 is 5.52. The minimum Gasteiger partial charge on any atom is -0.455 e. The molecule has 1 N–H and O–H groups in total. The van der Waals surface area contributed by atoms with Gasteiger partial charge in [0.25, 0.3) is 5.91 Å². The lowest BCUT2D eigenvalue weighted by atomic mass is 10.0. The topological polar surface area (TPSA) is 92.8 Å². The first kappa shape index (κ1) is 24.6. The molecule has 0 saturated carbocycles. The number of fused-ring (bicyclic) bond motifs is 1. The summed E-state index contributed by atoms with van der Waals surface area (Å²) in [6.07, 6.45) is 7.90. The summed E-state index contributed by atoms with van der Waals surface area (Å²) in [5.74, 6) is -1.02. The number of esters is 1. The number of nitrogens with one attached hydrogen (secondary N) is 1. The molecule has 1 saturated heterocycles. The first-order valence-electron chi connectivity index (χ1n) is 10.7. The van der Waals surface area contributed by atoms with E-state index in [4.69, 9.17) is 4.74 Å². The number of nitrogens with zero attached hydrogens (tertiary/aromatic N) is 1. The summed E-state index contributed by atoms with van der Waals surface area (Å²) in [5.41, 5.74) is 0.555. The molecule has 0 bridgehead atoms. The van der Waals surface area contributed by atoms with Crippen molar-refractivity contribution in [1.82, 2.24) is 10.2 Å². The normalized spacial score (nSPS) is 22.9. The van der Waals surface area contributed by atoms with E-state index in [0.29, 0.717) is 0 Å². The molecule has 0 aromatic carbocycles. The zero-order valence-corrected chi connectivity index (χ0v) is 20.7. The number of rotatable bonds is 6. The minimum absolute atomic E-state index is 0.0115. The summed E-state index contributed by atoms with van der Waals surface area (Å²) in [7, 11) is 0. The van der Waals surface area contributed by atoms with Crippen LogP contribution in [0.3, 0.4) is 0 Å². The molecule has 2 heterocycles. The van der Waals surface area contributed by atoms with Crippen LogP contribution in [0.1, 0.15) is 53.9 Å². The lowest BCUT2D eigenvalue weighted by molar-refractivity contribution is -0.159. The van der Waals surface area contributed by atoms with E-state index in [1.807, 2.05) is 32.1 Å². The summed E-state index contributed by atoms with van der Waals surface area (Å²) >= 11 is 2.50. The predicted octanol–water partition coefficient (Wildman–Crippen LogP) is 3.32. The maximum Gasteiger partial charge on any atom is 0.356 e. The number of hydrogen-bond acceptors (Lipinski definition) is 7. The summed E-state index contributed by atoms with van der Waals surface area (Å²) in [5, 5.41) is 2.19. The molecule has 174 valence electrons. The Balaban J connectivity index is 1.78. The number of carbonyl (C=O) groups is 4. The second-order valence-electron chi connectivity index (χ2n) is 9.19. The van der Waals surface area contributed by atoms with Gasteiger partial charge in [0.15, 0.2) is 0 Å². The Bertz CT molecular complexity index is 914. The lowest BCUT2D eigenvalue weighted by Gasteiger charge is -2.49. The van der Waals surface area contributed by atoms with Crippen LogP contribution in [0.2, 0.25) is 0 Å². The molecule has 0 aromatic rings. The van der Waals surface area contributed by atoms with E-state index in [2.05, 4.69) is 5.32 Å². The maximum absolute atomic E-state index is 13.0. The van der Waals surface area contributed by atoms with Crippen LogP contribution in [0.4, 0.5) is 0 Å². The molecule has 32 heavy (non-hydrogen) atoms. The molecule has 1 aliphatic carbocycles. The SMILES string of the molecule is CC(C)SC(=O)C1=C(C(=O)OC(C)(C)C)N2C(=O)C(NC(=O)CC3=CCC=CC3)[C@H]2SC1. The molecule has 1 unspecified atom stereocenters. The fourth-order valence-corrected chi connectivity index (χ4v) is 5.77. The first-order chi connectivity index (χ1) is 15.0. The molecule has 3 rings (SSSR count). The van der Waals surface area contributed by atoms with Crippen LogP contribution >= 0.6 is 23.5 Å². The zero-order chi connectivity index (χ0) is 23.6. The molecule has 0 radical (unpaired) electrons. The van der Waals surface area contributed by atoms with Gasteiger partial charge in [-0.15, -0.1) is 11.8 Å². The van der Waals surface area contributed by atoms with Crippen LogP contribution in [-0.2, 0) is 23.9 Å². The number of hydrogen-bond donors (Lipinski definition) is 1.